The molecule has 0 spiro atoms. The Labute approximate surface area is 186 Å². The van der Waals surface area contributed by atoms with Crippen molar-refractivity contribution < 1.29 is 9.47 Å². The van der Waals surface area contributed by atoms with Gasteiger partial charge in [0.1, 0.15) is 5.75 Å². The summed E-state index contributed by atoms with van der Waals surface area (Å²) in [4.78, 5) is 6.49. The number of guanidine groups is 1. The molecule has 2 aromatic rings. The highest BCUT2D eigenvalue weighted by atomic mass is 127. The fourth-order valence-electron chi connectivity index (χ4n) is 2.76. The van der Waals surface area contributed by atoms with Crippen molar-refractivity contribution in [2.75, 3.05) is 34.4 Å². The molecule has 0 aliphatic heterocycles. The van der Waals surface area contributed by atoms with Crippen LogP contribution in [0.15, 0.2) is 59.6 Å². The molecule has 0 aromatic heterocycles. The summed E-state index contributed by atoms with van der Waals surface area (Å²) in [7, 11) is 5.54. The Hall–Kier alpha value is -1.80. The van der Waals surface area contributed by atoms with Gasteiger partial charge in [-0.25, -0.2) is 0 Å². The molecule has 154 valence electrons. The van der Waals surface area contributed by atoms with Gasteiger partial charge >= 0.3 is 0 Å². The molecular formula is C22H32IN3O2. The average molecular weight is 497 g/mol. The highest BCUT2D eigenvalue weighted by Gasteiger charge is 2.06. The van der Waals surface area contributed by atoms with Crippen molar-refractivity contribution in [1.29, 1.82) is 0 Å². The minimum atomic E-state index is 0. The first-order valence-electron chi connectivity index (χ1n) is 9.39. The molecule has 5 nitrogen and oxygen atoms in total. The summed E-state index contributed by atoms with van der Waals surface area (Å²) in [6.07, 6.45) is 2.07. The Bertz CT molecular complexity index is 678. The van der Waals surface area contributed by atoms with Crippen molar-refractivity contribution in [3.8, 4) is 5.75 Å². The average Bonchev–Trinajstić information content (AvgIpc) is 2.71. The summed E-state index contributed by atoms with van der Waals surface area (Å²) < 4.78 is 10.9. The number of rotatable bonds is 10. The van der Waals surface area contributed by atoms with E-state index in [1.54, 1.807) is 7.11 Å². The van der Waals surface area contributed by atoms with E-state index >= 15 is 0 Å². The molecule has 0 amide bonds. The lowest BCUT2D eigenvalue weighted by atomic mass is 10.2. The number of halogens is 1. The van der Waals surface area contributed by atoms with Gasteiger partial charge in [0.2, 0.25) is 0 Å². The van der Waals surface area contributed by atoms with E-state index in [-0.39, 0.29) is 24.0 Å². The predicted octanol–water partition coefficient (Wildman–Crippen LogP) is 4.32. The van der Waals surface area contributed by atoms with E-state index in [1.807, 2.05) is 44.4 Å². The Morgan fingerprint density at radius 1 is 1.00 bits per heavy atom. The van der Waals surface area contributed by atoms with Gasteiger partial charge < -0.3 is 19.7 Å². The van der Waals surface area contributed by atoms with E-state index in [1.165, 1.54) is 11.1 Å². The number of methoxy groups -OCH3 is 1. The number of benzene rings is 2. The molecule has 0 saturated carbocycles. The Morgan fingerprint density at radius 3 is 2.36 bits per heavy atom. The largest absolute Gasteiger partial charge is 0.497 e. The number of ether oxygens (including phenoxy) is 2. The molecule has 0 bridgehead atoms. The van der Waals surface area contributed by atoms with Crippen LogP contribution in [-0.2, 0) is 17.9 Å². The molecular weight excluding hydrogens is 465 g/mol. The molecule has 0 aliphatic rings. The third kappa shape index (κ3) is 8.93. The minimum absolute atomic E-state index is 0. The maximum absolute atomic E-state index is 5.72. The molecule has 0 heterocycles. The van der Waals surface area contributed by atoms with Gasteiger partial charge in [0.15, 0.2) is 5.96 Å². The van der Waals surface area contributed by atoms with Crippen molar-refractivity contribution in [2.45, 2.75) is 26.0 Å². The Kier molecular flexibility index (Phi) is 12.3. The van der Waals surface area contributed by atoms with Crippen LogP contribution < -0.4 is 10.1 Å². The molecule has 0 unspecified atom stereocenters. The number of hydrogen-bond acceptors (Lipinski definition) is 3. The van der Waals surface area contributed by atoms with Gasteiger partial charge in [-0.15, -0.1) is 24.0 Å². The smallest absolute Gasteiger partial charge is 0.193 e. The molecule has 0 radical (unpaired) electrons. The standard InChI is InChI=1S/C22H31N3O2.HI/c1-23-22(25(2)17-19-11-13-21(26-3)14-12-19)24-15-7-8-16-27-18-20-9-5-4-6-10-20;/h4-6,9-14H,7-8,15-18H2,1-3H3,(H,23,24);1H. The van der Waals surface area contributed by atoms with Crippen LogP contribution in [0.5, 0.6) is 5.75 Å². The van der Waals surface area contributed by atoms with Gasteiger partial charge in [-0.1, -0.05) is 42.5 Å². The number of nitrogens with zero attached hydrogens (tertiary/aromatic N) is 2. The van der Waals surface area contributed by atoms with E-state index in [0.29, 0.717) is 6.61 Å². The lowest BCUT2D eigenvalue weighted by molar-refractivity contribution is 0.117. The zero-order chi connectivity index (χ0) is 19.3. The monoisotopic (exact) mass is 497 g/mol. The summed E-state index contributed by atoms with van der Waals surface area (Å²) in [6.45, 7) is 3.13. The van der Waals surface area contributed by atoms with Crippen LogP contribution in [0.1, 0.15) is 24.0 Å². The summed E-state index contributed by atoms with van der Waals surface area (Å²) >= 11 is 0. The highest BCUT2D eigenvalue weighted by Crippen LogP contribution is 2.12. The summed E-state index contributed by atoms with van der Waals surface area (Å²) in [5.41, 5.74) is 2.44. The molecule has 2 aromatic carbocycles. The summed E-state index contributed by atoms with van der Waals surface area (Å²) in [5.74, 6) is 1.77. The van der Waals surface area contributed by atoms with Gasteiger partial charge in [-0.05, 0) is 36.1 Å². The molecule has 0 aliphatic carbocycles. The lowest BCUT2D eigenvalue weighted by Crippen LogP contribution is -2.38. The van der Waals surface area contributed by atoms with Crippen molar-refractivity contribution in [1.82, 2.24) is 10.2 Å². The molecule has 0 atom stereocenters. The van der Waals surface area contributed by atoms with Gasteiger partial charge in [-0.2, -0.15) is 0 Å². The highest BCUT2D eigenvalue weighted by molar-refractivity contribution is 14.0. The maximum atomic E-state index is 5.72. The predicted molar refractivity (Wildman–Crippen MR) is 127 cm³/mol. The topological polar surface area (TPSA) is 46.1 Å². The van der Waals surface area contributed by atoms with Crippen molar-refractivity contribution in [3.05, 3.63) is 65.7 Å². The van der Waals surface area contributed by atoms with Gasteiger partial charge in [0.25, 0.3) is 0 Å². The van der Waals surface area contributed by atoms with Crippen LogP contribution in [0.3, 0.4) is 0 Å². The fourth-order valence-corrected chi connectivity index (χ4v) is 2.76. The Balaban J connectivity index is 0.00000392. The van der Waals surface area contributed by atoms with E-state index in [4.69, 9.17) is 9.47 Å². The van der Waals surface area contributed by atoms with Crippen molar-refractivity contribution >= 4 is 29.9 Å². The number of aliphatic imine (C=N–C) groups is 1. The fraction of sp³-hybridized carbons (Fsp3) is 0.409. The number of unbranched alkanes of at least 4 members (excludes halogenated alkanes) is 1. The second kappa shape index (κ2) is 14.2. The number of nitrogens with one attached hydrogen (secondary N) is 1. The molecule has 1 N–H and O–H groups in total. The maximum Gasteiger partial charge on any atom is 0.193 e. The SMILES string of the molecule is CN=C(NCCCCOCc1ccccc1)N(C)Cc1ccc(OC)cc1.I. The number of hydrogen-bond donors (Lipinski definition) is 1. The third-order valence-corrected chi connectivity index (χ3v) is 4.26. The normalized spacial score (nSPS) is 10.9. The van der Waals surface area contributed by atoms with Gasteiger partial charge in [0, 0.05) is 33.8 Å². The van der Waals surface area contributed by atoms with Crippen molar-refractivity contribution in [2.24, 2.45) is 4.99 Å². The molecule has 0 fully saturated rings. The van der Waals surface area contributed by atoms with Gasteiger partial charge in [-0.3, -0.25) is 4.99 Å². The second-order valence-corrected chi connectivity index (χ2v) is 6.42. The van der Waals surface area contributed by atoms with Crippen LogP contribution >= 0.6 is 24.0 Å². The minimum Gasteiger partial charge on any atom is -0.497 e. The van der Waals surface area contributed by atoms with Gasteiger partial charge in [0.05, 0.1) is 13.7 Å². The first kappa shape index (κ1) is 24.2. The third-order valence-electron chi connectivity index (χ3n) is 4.26. The quantitative estimate of drug-likeness (QED) is 0.230. The zero-order valence-corrected chi connectivity index (χ0v) is 19.4. The summed E-state index contributed by atoms with van der Waals surface area (Å²) in [6, 6.07) is 18.4. The van der Waals surface area contributed by atoms with Crippen LogP contribution in [0, 0.1) is 0 Å². The molecule has 2 rings (SSSR count). The molecule has 28 heavy (non-hydrogen) atoms. The van der Waals surface area contributed by atoms with E-state index in [9.17, 15) is 0 Å². The first-order valence-corrected chi connectivity index (χ1v) is 9.39. The molecule has 6 heteroatoms. The van der Waals surface area contributed by atoms with Crippen LogP contribution in [0.2, 0.25) is 0 Å². The van der Waals surface area contributed by atoms with E-state index in [2.05, 4.69) is 39.5 Å². The molecule has 0 saturated heterocycles. The van der Waals surface area contributed by atoms with E-state index in [0.717, 1.165) is 44.2 Å². The Morgan fingerprint density at radius 2 is 1.71 bits per heavy atom. The first-order chi connectivity index (χ1) is 13.2. The van der Waals surface area contributed by atoms with Crippen LogP contribution in [0.4, 0.5) is 0 Å². The summed E-state index contributed by atoms with van der Waals surface area (Å²) in [5, 5.41) is 3.42. The van der Waals surface area contributed by atoms with Crippen LogP contribution in [-0.4, -0.2) is 45.2 Å². The van der Waals surface area contributed by atoms with E-state index < -0.39 is 0 Å². The second-order valence-electron chi connectivity index (χ2n) is 6.42. The zero-order valence-electron chi connectivity index (χ0n) is 17.1. The lowest BCUT2D eigenvalue weighted by Gasteiger charge is -2.22. The van der Waals surface area contributed by atoms with Crippen molar-refractivity contribution in [3.63, 3.8) is 0 Å². The van der Waals surface area contributed by atoms with Crippen LogP contribution in [0.25, 0.3) is 0 Å².